The Labute approximate surface area is 174 Å². The SMILES string of the molecule is CCOC(=O)c1ccccc1NC(=O)C[C@@H]1Sc2ccc(C(F)(F)F)cc2NC1=O. The van der Waals surface area contributed by atoms with E-state index in [1.54, 1.807) is 19.1 Å². The van der Waals surface area contributed by atoms with Crippen LogP contribution in [-0.4, -0.2) is 29.6 Å². The van der Waals surface area contributed by atoms with E-state index in [4.69, 9.17) is 4.74 Å². The van der Waals surface area contributed by atoms with E-state index in [1.807, 2.05) is 0 Å². The van der Waals surface area contributed by atoms with Gasteiger partial charge < -0.3 is 15.4 Å². The van der Waals surface area contributed by atoms with E-state index in [0.717, 1.165) is 23.9 Å². The van der Waals surface area contributed by atoms with Crippen LogP contribution in [0.2, 0.25) is 0 Å². The molecule has 0 fully saturated rings. The number of carbonyl (C=O) groups is 3. The third-order valence-electron chi connectivity index (χ3n) is 4.19. The molecule has 6 nitrogen and oxygen atoms in total. The molecule has 158 valence electrons. The number of benzene rings is 2. The van der Waals surface area contributed by atoms with Crippen LogP contribution in [-0.2, 0) is 20.5 Å². The van der Waals surface area contributed by atoms with Gasteiger partial charge in [0.25, 0.3) is 0 Å². The molecule has 2 amide bonds. The Morgan fingerprint density at radius 1 is 1.20 bits per heavy atom. The van der Waals surface area contributed by atoms with Gasteiger partial charge in [0.1, 0.15) is 0 Å². The summed E-state index contributed by atoms with van der Waals surface area (Å²) in [6.45, 7) is 1.84. The minimum atomic E-state index is -4.52. The van der Waals surface area contributed by atoms with Crippen molar-refractivity contribution in [2.45, 2.75) is 29.7 Å². The fraction of sp³-hybridized carbons (Fsp3) is 0.250. The highest BCUT2D eigenvalue weighted by atomic mass is 32.2. The topological polar surface area (TPSA) is 84.5 Å². The van der Waals surface area contributed by atoms with E-state index in [-0.39, 0.29) is 30.0 Å². The highest BCUT2D eigenvalue weighted by molar-refractivity contribution is 8.01. The van der Waals surface area contributed by atoms with Gasteiger partial charge in [-0.25, -0.2) is 4.79 Å². The highest BCUT2D eigenvalue weighted by Crippen LogP contribution is 2.40. The zero-order valence-corrected chi connectivity index (χ0v) is 16.5. The first-order valence-electron chi connectivity index (χ1n) is 8.93. The minimum absolute atomic E-state index is 0.0594. The van der Waals surface area contributed by atoms with Crippen LogP contribution in [0.25, 0.3) is 0 Å². The molecule has 2 N–H and O–H groups in total. The molecule has 30 heavy (non-hydrogen) atoms. The summed E-state index contributed by atoms with van der Waals surface area (Å²) in [6, 6.07) is 9.36. The maximum Gasteiger partial charge on any atom is 0.416 e. The molecule has 1 heterocycles. The number of esters is 1. The molecule has 0 saturated carbocycles. The Hall–Kier alpha value is -3.01. The van der Waals surface area contributed by atoms with Gasteiger partial charge in [-0.2, -0.15) is 13.2 Å². The molecule has 0 unspecified atom stereocenters. The second-order valence-corrected chi connectivity index (χ2v) is 7.57. The van der Waals surface area contributed by atoms with E-state index in [1.165, 1.54) is 18.2 Å². The van der Waals surface area contributed by atoms with Crippen molar-refractivity contribution in [3.8, 4) is 0 Å². The number of carbonyl (C=O) groups excluding carboxylic acids is 3. The standard InChI is InChI=1S/C20H17F3N2O4S/c1-2-29-19(28)12-5-3-4-6-13(12)24-17(26)10-16-18(27)25-14-9-11(20(21,22)23)7-8-15(14)30-16/h3-9,16H,2,10H2,1H3,(H,24,26)(H,25,27)/t16-/m0/s1. The molecular formula is C20H17F3N2O4S. The van der Waals surface area contributed by atoms with Crippen LogP contribution in [0.15, 0.2) is 47.4 Å². The molecule has 1 aliphatic heterocycles. The molecule has 0 spiro atoms. The van der Waals surface area contributed by atoms with Crippen molar-refractivity contribution < 1.29 is 32.3 Å². The van der Waals surface area contributed by atoms with Gasteiger partial charge in [-0.15, -0.1) is 11.8 Å². The Morgan fingerprint density at radius 3 is 2.63 bits per heavy atom. The number of hydrogen-bond donors (Lipinski definition) is 2. The molecule has 1 aliphatic rings. The number of alkyl halides is 3. The van der Waals surface area contributed by atoms with Gasteiger partial charge in [0, 0.05) is 11.3 Å². The number of hydrogen-bond acceptors (Lipinski definition) is 5. The normalized spacial score (nSPS) is 15.7. The zero-order valence-electron chi connectivity index (χ0n) is 15.7. The number of para-hydroxylation sites is 1. The van der Waals surface area contributed by atoms with E-state index < -0.39 is 34.8 Å². The molecule has 3 rings (SSSR count). The smallest absolute Gasteiger partial charge is 0.416 e. The van der Waals surface area contributed by atoms with E-state index in [9.17, 15) is 27.6 Å². The summed E-state index contributed by atoms with van der Waals surface area (Å²) in [6.07, 6.45) is -4.75. The zero-order chi connectivity index (χ0) is 21.9. The van der Waals surface area contributed by atoms with Gasteiger partial charge in [-0.05, 0) is 37.3 Å². The number of halogens is 3. The molecule has 0 radical (unpaired) electrons. The fourth-order valence-electron chi connectivity index (χ4n) is 2.81. The van der Waals surface area contributed by atoms with Crippen LogP contribution in [0.1, 0.15) is 29.3 Å². The lowest BCUT2D eigenvalue weighted by Crippen LogP contribution is -2.32. The van der Waals surface area contributed by atoms with Crippen LogP contribution in [0.3, 0.4) is 0 Å². The number of fused-ring (bicyclic) bond motifs is 1. The third-order valence-corrected chi connectivity index (χ3v) is 5.47. The molecule has 10 heteroatoms. The Morgan fingerprint density at radius 2 is 1.93 bits per heavy atom. The maximum atomic E-state index is 12.8. The summed E-state index contributed by atoms with van der Waals surface area (Å²) in [7, 11) is 0. The second kappa shape index (κ2) is 8.78. The molecule has 0 saturated heterocycles. The fourth-order valence-corrected chi connectivity index (χ4v) is 3.90. The van der Waals surface area contributed by atoms with Crippen LogP contribution < -0.4 is 10.6 Å². The Bertz CT molecular complexity index is 994. The lowest BCUT2D eigenvalue weighted by molar-refractivity contribution is -0.137. The van der Waals surface area contributed by atoms with Crippen molar-refractivity contribution in [3.63, 3.8) is 0 Å². The maximum absolute atomic E-state index is 12.8. The van der Waals surface area contributed by atoms with Crippen molar-refractivity contribution in [1.82, 2.24) is 0 Å². The number of thioether (sulfide) groups is 1. The first-order valence-corrected chi connectivity index (χ1v) is 9.81. The van der Waals surface area contributed by atoms with Crippen LogP contribution in [0.5, 0.6) is 0 Å². The molecule has 2 aromatic carbocycles. The van der Waals surface area contributed by atoms with Crippen LogP contribution in [0.4, 0.5) is 24.5 Å². The van der Waals surface area contributed by atoms with Crippen LogP contribution >= 0.6 is 11.8 Å². The predicted molar refractivity (Wildman–Crippen MR) is 105 cm³/mol. The molecule has 0 aliphatic carbocycles. The monoisotopic (exact) mass is 438 g/mol. The highest BCUT2D eigenvalue weighted by Gasteiger charge is 2.34. The summed E-state index contributed by atoms with van der Waals surface area (Å²) < 4.78 is 43.5. The van der Waals surface area contributed by atoms with Crippen molar-refractivity contribution in [1.29, 1.82) is 0 Å². The van der Waals surface area contributed by atoms with Crippen molar-refractivity contribution in [2.24, 2.45) is 0 Å². The molecule has 1 atom stereocenters. The first kappa shape index (κ1) is 21.7. The summed E-state index contributed by atoms with van der Waals surface area (Å²) >= 11 is 1.01. The summed E-state index contributed by atoms with van der Waals surface area (Å²) in [5, 5.41) is 4.18. The average molecular weight is 438 g/mol. The molecule has 0 bridgehead atoms. The summed E-state index contributed by atoms with van der Waals surface area (Å²) in [4.78, 5) is 37.2. The van der Waals surface area contributed by atoms with Gasteiger partial charge >= 0.3 is 12.1 Å². The van der Waals surface area contributed by atoms with Crippen molar-refractivity contribution >= 4 is 40.9 Å². The van der Waals surface area contributed by atoms with Gasteiger partial charge in [-0.1, -0.05) is 12.1 Å². The van der Waals surface area contributed by atoms with Gasteiger partial charge in [-0.3, -0.25) is 9.59 Å². The quantitative estimate of drug-likeness (QED) is 0.679. The van der Waals surface area contributed by atoms with Gasteiger partial charge in [0.15, 0.2) is 0 Å². The van der Waals surface area contributed by atoms with Crippen LogP contribution in [0, 0.1) is 0 Å². The van der Waals surface area contributed by atoms with Crippen molar-refractivity contribution in [2.75, 3.05) is 17.2 Å². The minimum Gasteiger partial charge on any atom is -0.462 e. The lowest BCUT2D eigenvalue weighted by atomic mass is 10.1. The number of amides is 2. The number of rotatable bonds is 5. The van der Waals surface area contributed by atoms with E-state index in [0.29, 0.717) is 4.90 Å². The number of anilines is 2. The summed E-state index contributed by atoms with van der Waals surface area (Å²) in [5.41, 5.74) is -0.381. The van der Waals surface area contributed by atoms with Crippen molar-refractivity contribution in [3.05, 3.63) is 53.6 Å². The summed E-state index contributed by atoms with van der Waals surface area (Å²) in [5.74, 6) is -1.68. The lowest BCUT2D eigenvalue weighted by Gasteiger charge is -2.24. The molecule has 2 aromatic rings. The van der Waals surface area contributed by atoms with Gasteiger partial charge in [0.05, 0.1) is 34.4 Å². The second-order valence-electron chi connectivity index (χ2n) is 6.32. The number of nitrogens with one attached hydrogen (secondary N) is 2. The largest absolute Gasteiger partial charge is 0.462 e. The first-order chi connectivity index (χ1) is 14.2. The van der Waals surface area contributed by atoms with E-state index >= 15 is 0 Å². The Balaban J connectivity index is 1.70. The molecular weight excluding hydrogens is 421 g/mol. The predicted octanol–water partition coefficient (Wildman–Crippen LogP) is 4.32. The Kier molecular flexibility index (Phi) is 6.35. The van der Waals surface area contributed by atoms with Gasteiger partial charge in [0.2, 0.25) is 11.8 Å². The molecule has 0 aromatic heterocycles. The number of ether oxygens (including phenoxy) is 1. The van der Waals surface area contributed by atoms with E-state index in [2.05, 4.69) is 10.6 Å². The third kappa shape index (κ3) is 4.93. The average Bonchev–Trinajstić information content (AvgIpc) is 2.68.